The predicted molar refractivity (Wildman–Crippen MR) is 47.1 cm³/mol. The van der Waals surface area contributed by atoms with Gasteiger partial charge in [0.15, 0.2) is 0 Å². The molecule has 0 aromatic carbocycles. The molecule has 1 amide bonds. The Labute approximate surface area is 95.0 Å². The third-order valence-electron chi connectivity index (χ3n) is 0.780. The van der Waals surface area contributed by atoms with Gasteiger partial charge in [-0.05, 0) is 20.8 Å². The number of carbonyl (C=O) groups excluding carboxylic acids is 1. The Bertz CT molecular complexity index is 133. The van der Waals surface area contributed by atoms with Gasteiger partial charge in [-0.15, -0.1) is 0 Å². The fourth-order valence-corrected chi connectivity index (χ4v) is 0.472. The van der Waals surface area contributed by atoms with Crippen LogP contribution in [0.3, 0.4) is 0 Å². The van der Waals surface area contributed by atoms with Crippen LogP contribution in [-0.2, 0) is 4.74 Å². The number of nitrogens with one attached hydrogen (secondary N) is 1. The third-order valence-corrected chi connectivity index (χ3v) is 0.780. The maximum Gasteiger partial charge on any atom is 0.407 e. The van der Waals surface area contributed by atoms with Gasteiger partial charge in [0.1, 0.15) is 5.60 Å². The number of aliphatic hydroxyl groups excluding tert-OH is 1. The summed E-state index contributed by atoms with van der Waals surface area (Å²) in [6.45, 7) is 5.51. The Hall–Kier alpha value is 0.230. The van der Waals surface area contributed by atoms with Gasteiger partial charge in [-0.2, -0.15) is 0 Å². The molecule has 0 spiro atoms. The predicted octanol–water partition coefficient (Wildman–Crippen LogP) is 0.123. The summed E-state index contributed by atoms with van der Waals surface area (Å²) in [4.78, 5) is 10.8. The van der Waals surface area contributed by atoms with E-state index in [2.05, 4.69) is 5.32 Å². The molecular formula is C7H15NNaO3. The van der Waals surface area contributed by atoms with Gasteiger partial charge in [0, 0.05) is 36.1 Å². The Morgan fingerprint density at radius 1 is 1.50 bits per heavy atom. The molecule has 67 valence electrons. The molecule has 1 radical (unpaired) electrons. The first kappa shape index (κ1) is 14.7. The standard InChI is InChI=1S/C7H15NO3.Na/c1-7(2,3)11-6(10)8-4-5-9;/h9H,4-5H2,1-3H3,(H,8,10);. The minimum Gasteiger partial charge on any atom is -0.444 e. The van der Waals surface area contributed by atoms with Crippen LogP contribution in [0.25, 0.3) is 0 Å². The molecule has 0 aliphatic heterocycles. The van der Waals surface area contributed by atoms with Crippen LogP contribution in [0.1, 0.15) is 20.8 Å². The molecule has 12 heavy (non-hydrogen) atoms. The molecule has 0 bridgehead atoms. The molecule has 0 fully saturated rings. The average Bonchev–Trinajstić information content (AvgIpc) is 1.79. The van der Waals surface area contributed by atoms with Gasteiger partial charge >= 0.3 is 6.09 Å². The van der Waals surface area contributed by atoms with Crippen molar-refractivity contribution in [2.24, 2.45) is 0 Å². The minimum absolute atomic E-state index is 0. The van der Waals surface area contributed by atoms with Crippen molar-refractivity contribution in [3.05, 3.63) is 0 Å². The maximum atomic E-state index is 10.8. The molecule has 0 saturated heterocycles. The largest absolute Gasteiger partial charge is 0.444 e. The van der Waals surface area contributed by atoms with Crippen LogP contribution >= 0.6 is 0 Å². The number of amides is 1. The zero-order valence-corrected chi connectivity index (χ0v) is 10.2. The van der Waals surface area contributed by atoms with Crippen molar-refractivity contribution in [2.75, 3.05) is 13.2 Å². The molecule has 0 rings (SSSR count). The first-order valence-electron chi connectivity index (χ1n) is 3.53. The van der Waals surface area contributed by atoms with E-state index in [1.165, 1.54) is 0 Å². The van der Waals surface area contributed by atoms with Gasteiger partial charge in [-0.25, -0.2) is 4.79 Å². The number of alkyl carbamates (subject to hydrolysis) is 1. The molecule has 0 unspecified atom stereocenters. The second-order valence-electron chi connectivity index (χ2n) is 3.15. The number of carbonyl (C=O) groups is 1. The number of hydrogen-bond donors (Lipinski definition) is 2. The zero-order chi connectivity index (χ0) is 8.91. The van der Waals surface area contributed by atoms with Gasteiger partial charge in [0.05, 0.1) is 6.61 Å². The van der Waals surface area contributed by atoms with Crippen LogP contribution in [0.5, 0.6) is 0 Å². The molecule has 5 heteroatoms. The molecule has 2 N–H and O–H groups in total. The first-order valence-corrected chi connectivity index (χ1v) is 3.53. The summed E-state index contributed by atoms with van der Waals surface area (Å²) in [6, 6.07) is 0. The van der Waals surface area contributed by atoms with Gasteiger partial charge in [-0.1, -0.05) is 0 Å². The number of aliphatic hydroxyl groups is 1. The van der Waals surface area contributed by atoms with E-state index in [1.807, 2.05) is 0 Å². The second kappa shape index (κ2) is 6.71. The van der Waals surface area contributed by atoms with E-state index in [9.17, 15) is 4.79 Å². The monoisotopic (exact) mass is 184 g/mol. The molecule has 0 atom stereocenters. The Morgan fingerprint density at radius 3 is 2.33 bits per heavy atom. The molecule has 4 nitrogen and oxygen atoms in total. The zero-order valence-electron chi connectivity index (χ0n) is 8.18. The van der Waals surface area contributed by atoms with Crippen molar-refractivity contribution < 1.29 is 14.6 Å². The molecule has 0 aromatic heterocycles. The van der Waals surface area contributed by atoms with Crippen molar-refractivity contribution in [1.29, 1.82) is 0 Å². The topological polar surface area (TPSA) is 58.6 Å². The van der Waals surface area contributed by atoms with E-state index < -0.39 is 11.7 Å². The number of rotatable bonds is 2. The van der Waals surface area contributed by atoms with Crippen LogP contribution in [0, 0.1) is 0 Å². The summed E-state index contributed by atoms with van der Waals surface area (Å²) >= 11 is 0. The van der Waals surface area contributed by atoms with Crippen molar-refractivity contribution in [2.45, 2.75) is 26.4 Å². The van der Waals surface area contributed by atoms with E-state index in [0.29, 0.717) is 0 Å². The van der Waals surface area contributed by atoms with E-state index >= 15 is 0 Å². The molecule has 0 aromatic rings. The smallest absolute Gasteiger partial charge is 0.407 e. The fourth-order valence-electron chi connectivity index (χ4n) is 0.472. The average molecular weight is 184 g/mol. The summed E-state index contributed by atoms with van der Waals surface area (Å²) in [5.74, 6) is 0. The van der Waals surface area contributed by atoms with Crippen LogP contribution in [0.4, 0.5) is 4.79 Å². The fraction of sp³-hybridized carbons (Fsp3) is 0.857. The van der Waals surface area contributed by atoms with E-state index in [-0.39, 0.29) is 42.7 Å². The number of ether oxygens (including phenoxy) is 1. The summed E-state index contributed by atoms with van der Waals surface area (Å²) < 4.78 is 4.88. The Morgan fingerprint density at radius 2 is 2.00 bits per heavy atom. The molecular weight excluding hydrogens is 169 g/mol. The van der Waals surface area contributed by atoms with Gasteiger partial charge in [0.25, 0.3) is 0 Å². The normalized spacial score (nSPS) is 10.0. The van der Waals surface area contributed by atoms with Crippen molar-refractivity contribution in [3.63, 3.8) is 0 Å². The van der Waals surface area contributed by atoms with Crippen LogP contribution in [0.2, 0.25) is 0 Å². The minimum atomic E-state index is -0.494. The van der Waals surface area contributed by atoms with E-state index in [1.54, 1.807) is 20.8 Å². The van der Waals surface area contributed by atoms with Gasteiger partial charge in [0.2, 0.25) is 0 Å². The van der Waals surface area contributed by atoms with Crippen LogP contribution < -0.4 is 5.32 Å². The van der Waals surface area contributed by atoms with Crippen molar-refractivity contribution >= 4 is 35.7 Å². The van der Waals surface area contributed by atoms with E-state index in [0.717, 1.165) is 0 Å². The van der Waals surface area contributed by atoms with Crippen LogP contribution in [-0.4, -0.2) is 59.5 Å². The van der Waals surface area contributed by atoms with Crippen LogP contribution in [0.15, 0.2) is 0 Å². The van der Waals surface area contributed by atoms with Gasteiger partial charge < -0.3 is 15.2 Å². The second-order valence-corrected chi connectivity index (χ2v) is 3.15. The molecule has 0 aliphatic rings. The SMILES string of the molecule is CC(C)(C)OC(=O)NCCO.[Na]. The Balaban J connectivity index is 0. The summed E-state index contributed by atoms with van der Waals surface area (Å²) in [7, 11) is 0. The summed E-state index contributed by atoms with van der Waals surface area (Å²) in [5, 5.41) is 10.7. The maximum absolute atomic E-state index is 10.8. The molecule has 0 aliphatic carbocycles. The number of hydrogen-bond acceptors (Lipinski definition) is 3. The quantitative estimate of drug-likeness (QED) is 0.599. The van der Waals surface area contributed by atoms with Crippen molar-refractivity contribution in [1.82, 2.24) is 5.32 Å². The molecule has 0 heterocycles. The third kappa shape index (κ3) is 10.2. The van der Waals surface area contributed by atoms with Gasteiger partial charge in [-0.3, -0.25) is 0 Å². The summed E-state index contributed by atoms with van der Waals surface area (Å²) in [6.07, 6.45) is -0.494. The first-order chi connectivity index (χ1) is 4.95. The van der Waals surface area contributed by atoms with E-state index in [4.69, 9.17) is 9.84 Å². The van der Waals surface area contributed by atoms with Crippen molar-refractivity contribution in [3.8, 4) is 0 Å². The Kier molecular flexibility index (Phi) is 8.25. The molecule has 0 saturated carbocycles. The summed E-state index contributed by atoms with van der Waals surface area (Å²) in [5.41, 5.74) is -0.473.